The molecule has 0 fully saturated rings. The highest BCUT2D eigenvalue weighted by atomic mass is 16.6. The number of hydrogen-bond donors (Lipinski definition) is 1. The van der Waals surface area contributed by atoms with Crippen molar-refractivity contribution >= 4 is 17.9 Å². The van der Waals surface area contributed by atoms with Crippen molar-refractivity contribution in [1.29, 1.82) is 0 Å². The van der Waals surface area contributed by atoms with Gasteiger partial charge in [-0.3, -0.25) is 0 Å². The SMILES string of the molecule is CC(C)(C)OC(=O)N[C@H]1c2ccccc2C=C[C@@H]1N1CCCc2ccccc21. The van der Waals surface area contributed by atoms with Crippen LogP contribution in [-0.4, -0.2) is 24.3 Å². The number of fused-ring (bicyclic) bond motifs is 2. The van der Waals surface area contributed by atoms with E-state index >= 15 is 0 Å². The number of nitrogens with zero attached hydrogens (tertiary/aromatic N) is 1. The molecule has 1 heterocycles. The Morgan fingerprint density at radius 1 is 1.11 bits per heavy atom. The average Bonchev–Trinajstić information content (AvgIpc) is 2.66. The molecule has 4 heteroatoms. The predicted octanol–water partition coefficient (Wildman–Crippen LogP) is 5.10. The number of nitrogens with one attached hydrogen (secondary N) is 1. The summed E-state index contributed by atoms with van der Waals surface area (Å²) in [5, 5.41) is 3.16. The van der Waals surface area contributed by atoms with E-state index in [-0.39, 0.29) is 18.2 Å². The highest BCUT2D eigenvalue weighted by Gasteiger charge is 2.34. The minimum atomic E-state index is -0.526. The number of carbonyl (C=O) groups is 1. The Kier molecular flexibility index (Phi) is 4.88. The van der Waals surface area contributed by atoms with Gasteiger partial charge in [0.1, 0.15) is 5.60 Å². The Labute approximate surface area is 167 Å². The number of aryl methyl sites for hydroxylation is 1. The van der Waals surface area contributed by atoms with Crippen molar-refractivity contribution in [3.8, 4) is 0 Å². The van der Waals surface area contributed by atoms with Crippen LogP contribution in [0.3, 0.4) is 0 Å². The number of hydrogen-bond acceptors (Lipinski definition) is 3. The maximum atomic E-state index is 12.6. The summed E-state index contributed by atoms with van der Waals surface area (Å²) in [6, 6.07) is 16.7. The van der Waals surface area contributed by atoms with Gasteiger partial charge in [-0.2, -0.15) is 0 Å². The van der Waals surface area contributed by atoms with Crippen molar-refractivity contribution < 1.29 is 9.53 Å². The Morgan fingerprint density at radius 2 is 1.86 bits per heavy atom. The fraction of sp³-hybridized carbons (Fsp3) is 0.375. The summed E-state index contributed by atoms with van der Waals surface area (Å²) in [4.78, 5) is 15.1. The normalized spacial score (nSPS) is 20.9. The molecule has 0 spiro atoms. The maximum absolute atomic E-state index is 12.6. The third-order valence-corrected chi connectivity index (χ3v) is 5.32. The highest BCUT2D eigenvalue weighted by Crippen LogP contribution is 2.37. The van der Waals surface area contributed by atoms with Crippen LogP contribution in [0.25, 0.3) is 6.08 Å². The first-order valence-electron chi connectivity index (χ1n) is 10.0. The summed E-state index contributed by atoms with van der Waals surface area (Å²) in [5.41, 5.74) is 4.38. The second-order valence-electron chi connectivity index (χ2n) is 8.53. The summed E-state index contributed by atoms with van der Waals surface area (Å²) in [6.07, 6.45) is 6.22. The van der Waals surface area contributed by atoms with E-state index < -0.39 is 5.60 Å². The van der Waals surface area contributed by atoms with Crippen LogP contribution in [0, 0.1) is 0 Å². The van der Waals surface area contributed by atoms with Crippen LogP contribution >= 0.6 is 0 Å². The molecule has 2 aliphatic rings. The van der Waals surface area contributed by atoms with E-state index in [4.69, 9.17) is 4.74 Å². The Balaban J connectivity index is 1.69. The fourth-order valence-corrected chi connectivity index (χ4v) is 4.20. The minimum Gasteiger partial charge on any atom is -0.444 e. The second-order valence-corrected chi connectivity index (χ2v) is 8.53. The molecule has 0 unspecified atom stereocenters. The second kappa shape index (κ2) is 7.34. The number of anilines is 1. The smallest absolute Gasteiger partial charge is 0.408 e. The van der Waals surface area contributed by atoms with Gasteiger partial charge in [0.2, 0.25) is 0 Å². The van der Waals surface area contributed by atoms with Crippen LogP contribution in [0.4, 0.5) is 10.5 Å². The lowest BCUT2D eigenvalue weighted by atomic mass is 9.87. The van der Waals surface area contributed by atoms with Crippen LogP contribution < -0.4 is 10.2 Å². The Hall–Kier alpha value is -2.75. The van der Waals surface area contributed by atoms with Crippen molar-refractivity contribution in [1.82, 2.24) is 5.32 Å². The number of carbonyl (C=O) groups excluding carboxylic acids is 1. The first kappa shape index (κ1) is 18.6. The summed E-state index contributed by atoms with van der Waals surface area (Å²) in [6.45, 7) is 6.64. The molecule has 1 N–H and O–H groups in total. The van der Waals surface area contributed by atoms with Crippen molar-refractivity contribution in [3.63, 3.8) is 0 Å². The zero-order chi connectivity index (χ0) is 19.7. The molecule has 2 aromatic rings. The van der Waals surface area contributed by atoms with Crippen molar-refractivity contribution in [3.05, 3.63) is 71.3 Å². The molecule has 28 heavy (non-hydrogen) atoms. The lowest BCUT2D eigenvalue weighted by Gasteiger charge is -2.42. The summed E-state index contributed by atoms with van der Waals surface area (Å²) < 4.78 is 5.57. The number of benzene rings is 2. The van der Waals surface area contributed by atoms with E-state index in [1.165, 1.54) is 11.3 Å². The van der Waals surface area contributed by atoms with E-state index in [0.717, 1.165) is 30.5 Å². The lowest BCUT2D eigenvalue weighted by molar-refractivity contribution is 0.0498. The van der Waals surface area contributed by atoms with Gasteiger partial charge in [-0.25, -0.2) is 4.79 Å². The molecule has 146 valence electrons. The first-order chi connectivity index (χ1) is 13.4. The van der Waals surface area contributed by atoms with Gasteiger partial charge < -0.3 is 15.0 Å². The van der Waals surface area contributed by atoms with E-state index in [2.05, 4.69) is 58.8 Å². The van der Waals surface area contributed by atoms with Crippen molar-refractivity contribution in [2.75, 3.05) is 11.4 Å². The standard InChI is InChI=1S/C24H28N2O2/c1-24(2,3)28-23(27)25-22-19-12-6-4-9-17(19)14-15-21(22)26-16-8-11-18-10-5-7-13-20(18)26/h4-7,9-10,12-15,21-22H,8,11,16H2,1-3H3,(H,25,27)/t21-,22-/m0/s1. The van der Waals surface area contributed by atoms with Gasteiger partial charge in [-0.15, -0.1) is 0 Å². The molecule has 2 aromatic carbocycles. The molecule has 0 saturated heterocycles. The average molecular weight is 377 g/mol. The van der Waals surface area contributed by atoms with Gasteiger partial charge in [-0.1, -0.05) is 54.6 Å². The van der Waals surface area contributed by atoms with Crippen molar-refractivity contribution in [2.45, 2.75) is 51.3 Å². The molecule has 1 aliphatic heterocycles. The first-order valence-corrected chi connectivity index (χ1v) is 10.0. The number of ether oxygens (including phenoxy) is 1. The molecule has 0 bridgehead atoms. The van der Waals surface area contributed by atoms with Crippen LogP contribution in [0.1, 0.15) is 49.9 Å². The summed E-state index contributed by atoms with van der Waals surface area (Å²) in [5.74, 6) is 0. The lowest BCUT2D eigenvalue weighted by Crippen LogP contribution is -2.49. The molecular formula is C24H28N2O2. The number of alkyl carbamates (subject to hydrolysis) is 1. The van der Waals surface area contributed by atoms with Crippen molar-refractivity contribution in [2.24, 2.45) is 0 Å². The highest BCUT2D eigenvalue weighted by molar-refractivity contribution is 5.71. The fourth-order valence-electron chi connectivity index (χ4n) is 4.20. The van der Waals surface area contributed by atoms with Gasteiger partial charge in [0.05, 0.1) is 12.1 Å². The van der Waals surface area contributed by atoms with E-state index in [9.17, 15) is 4.79 Å². The zero-order valence-corrected chi connectivity index (χ0v) is 16.8. The third kappa shape index (κ3) is 3.77. The van der Waals surface area contributed by atoms with Crippen LogP contribution in [-0.2, 0) is 11.2 Å². The largest absolute Gasteiger partial charge is 0.444 e. The topological polar surface area (TPSA) is 41.6 Å². The van der Waals surface area contributed by atoms with Crippen LogP contribution in [0.5, 0.6) is 0 Å². The molecule has 0 aromatic heterocycles. The molecule has 1 aliphatic carbocycles. The van der Waals surface area contributed by atoms with Gasteiger partial charge in [-0.05, 0) is 56.4 Å². The molecule has 0 saturated carbocycles. The predicted molar refractivity (Wildman–Crippen MR) is 113 cm³/mol. The summed E-state index contributed by atoms with van der Waals surface area (Å²) >= 11 is 0. The number of para-hydroxylation sites is 1. The van der Waals surface area contributed by atoms with Gasteiger partial charge >= 0.3 is 6.09 Å². The minimum absolute atomic E-state index is 0.0452. The number of amides is 1. The molecular weight excluding hydrogens is 348 g/mol. The van der Waals surface area contributed by atoms with Gasteiger partial charge in [0.25, 0.3) is 0 Å². The third-order valence-electron chi connectivity index (χ3n) is 5.32. The van der Waals surface area contributed by atoms with Gasteiger partial charge in [0.15, 0.2) is 0 Å². The molecule has 4 rings (SSSR count). The number of rotatable bonds is 2. The monoisotopic (exact) mass is 376 g/mol. The molecule has 4 nitrogen and oxygen atoms in total. The maximum Gasteiger partial charge on any atom is 0.408 e. The van der Waals surface area contributed by atoms with E-state index in [1.54, 1.807) is 0 Å². The molecule has 2 atom stereocenters. The Morgan fingerprint density at radius 3 is 2.68 bits per heavy atom. The quantitative estimate of drug-likeness (QED) is 0.793. The zero-order valence-electron chi connectivity index (χ0n) is 16.8. The molecule has 1 amide bonds. The molecule has 0 radical (unpaired) electrons. The Bertz CT molecular complexity index is 897. The van der Waals surface area contributed by atoms with Gasteiger partial charge in [0, 0.05) is 12.2 Å². The summed E-state index contributed by atoms with van der Waals surface area (Å²) in [7, 11) is 0. The van der Waals surface area contributed by atoms with Crippen LogP contribution in [0.2, 0.25) is 0 Å². The van der Waals surface area contributed by atoms with Crippen LogP contribution in [0.15, 0.2) is 54.6 Å². The van der Waals surface area contributed by atoms with E-state index in [1.807, 2.05) is 32.9 Å². The van der Waals surface area contributed by atoms with E-state index in [0.29, 0.717) is 0 Å².